The molecular weight excluding hydrogens is 350 g/mol. The molecule has 0 aromatic heterocycles. The van der Waals surface area contributed by atoms with Crippen molar-refractivity contribution in [2.75, 3.05) is 37.2 Å². The monoisotopic (exact) mass is 373 g/mol. The fourth-order valence-corrected chi connectivity index (χ4v) is 4.13. The van der Waals surface area contributed by atoms with Crippen molar-refractivity contribution in [3.63, 3.8) is 0 Å². The molecule has 0 spiro atoms. The van der Waals surface area contributed by atoms with Crippen molar-refractivity contribution >= 4 is 34.0 Å². The Balaban J connectivity index is 0.00000208. The highest BCUT2D eigenvalue weighted by Gasteiger charge is 2.32. The van der Waals surface area contributed by atoms with E-state index in [9.17, 15) is 13.2 Å². The van der Waals surface area contributed by atoms with Crippen molar-refractivity contribution < 1.29 is 13.2 Å². The van der Waals surface area contributed by atoms with Crippen LogP contribution < -0.4 is 10.0 Å². The van der Waals surface area contributed by atoms with Crippen LogP contribution in [0.5, 0.6) is 0 Å². The molecule has 134 valence electrons. The number of carbonyl (C=O) groups excluding carboxylic acids is 1. The summed E-state index contributed by atoms with van der Waals surface area (Å²) in [6.07, 6.45) is 3.10. The van der Waals surface area contributed by atoms with E-state index in [1.165, 1.54) is 0 Å². The van der Waals surface area contributed by atoms with Crippen LogP contribution >= 0.6 is 12.4 Å². The van der Waals surface area contributed by atoms with E-state index in [4.69, 9.17) is 0 Å². The molecule has 2 saturated heterocycles. The molecule has 2 heterocycles. The van der Waals surface area contributed by atoms with Gasteiger partial charge in [-0.1, -0.05) is 12.1 Å². The molecule has 0 bridgehead atoms. The number of para-hydroxylation sites is 1. The summed E-state index contributed by atoms with van der Waals surface area (Å²) in [6.45, 7) is 3.54. The molecular formula is C16H24ClN3O3S. The molecule has 8 heteroatoms. The maximum absolute atomic E-state index is 12.9. The second kappa shape index (κ2) is 7.72. The Hall–Kier alpha value is -1.31. The predicted molar refractivity (Wildman–Crippen MR) is 97.1 cm³/mol. The largest absolute Gasteiger partial charge is 0.339 e. The number of halogens is 1. The Morgan fingerprint density at radius 3 is 2.33 bits per heavy atom. The number of rotatable bonds is 3. The highest BCUT2D eigenvalue weighted by atomic mass is 35.5. The molecule has 1 aromatic carbocycles. The third-order valence-corrected chi connectivity index (χ3v) is 5.35. The van der Waals surface area contributed by atoms with E-state index in [0.29, 0.717) is 23.1 Å². The number of hydrogen-bond donors (Lipinski definition) is 2. The van der Waals surface area contributed by atoms with Gasteiger partial charge in [-0.15, -0.1) is 12.4 Å². The van der Waals surface area contributed by atoms with E-state index < -0.39 is 10.0 Å². The van der Waals surface area contributed by atoms with Gasteiger partial charge in [0, 0.05) is 13.1 Å². The Morgan fingerprint density at radius 2 is 1.75 bits per heavy atom. The van der Waals surface area contributed by atoms with Crippen LogP contribution in [0.3, 0.4) is 0 Å². The molecule has 2 aliphatic heterocycles. The van der Waals surface area contributed by atoms with Gasteiger partial charge in [-0.25, -0.2) is 8.42 Å². The maximum atomic E-state index is 12.9. The quantitative estimate of drug-likeness (QED) is 0.842. The third-order valence-electron chi connectivity index (χ3n) is 4.76. The molecule has 6 nitrogen and oxygen atoms in total. The standard InChI is InChI=1S/C16H23N3O3S.ClH/c1-23(21,22)18-15-5-3-2-4-14(15)16(20)19-8-6-12-10-17-11-13(12)7-9-19;/h2-5,12-13,17-18H,6-11H2,1H3;1H/t12-,13+;. The van der Waals surface area contributed by atoms with Gasteiger partial charge in [-0.05, 0) is 49.9 Å². The van der Waals surface area contributed by atoms with Crippen LogP contribution in [-0.4, -0.2) is 51.7 Å². The molecule has 2 aliphatic rings. The van der Waals surface area contributed by atoms with Crippen molar-refractivity contribution in [2.45, 2.75) is 12.8 Å². The van der Waals surface area contributed by atoms with E-state index in [1.54, 1.807) is 24.3 Å². The van der Waals surface area contributed by atoms with Gasteiger partial charge in [0.15, 0.2) is 0 Å². The normalized spacial score (nSPS) is 23.8. The summed E-state index contributed by atoms with van der Waals surface area (Å²) >= 11 is 0. The lowest BCUT2D eigenvalue weighted by Crippen LogP contribution is -2.33. The van der Waals surface area contributed by atoms with Crippen molar-refractivity contribution in [2.24, 2.45) is 11.8 Å². The zero-order chi connectivity index (χ0) is 16.4. The average Bonchev–Trinajstić information content (AvgIpc) is 2.84. The fourth-order valence-electron chi connectivity index (χ4n) is 3.55. The first-order valence-electron chi connectivity index (χ1n) is 8.01. The molecule has 1 amide bonds. The van der Waals surface area contributed by atoms with Gasteiger partial charge in [0.2, 0.25) is 10.0 Å². The molecule has 2 N–H and O–H groups in total. The highest BCUT2D eigenvalue weighted by Crippen LogP contribution is 2.28. The van der Waals surface area contributed by atoms with E-state index >= 15 is 0 Å². The first-order chi connectivity index (χ1) is 10.9. The number of benzene rings is 1. The minimum Gasteiger partial charge on any atom is -0.339 e. The zero-order valence-corrected chi connectivity index (χ0v) is 15.3. The van der Waals surface area contributed by atoms with E-state index in [0.717, 1.165) is 45.3 Å². The van der Waals surface area contributed by atoms with E-state index in [2.05, 4.69) is 10.0 Å². The molecule has 1 aromatic rings. The number of nitrogens with zero attached hydrogens (tertiary/aromatic N) is 1. The summed E-state index contributed by atoms with van der Waals surface area (Å²) in [5.74, 6) is 1.21. The summed E-state index contributed by atoms with van der Waals surface area (Å²) in [7, 11) is -3.41. The van der Waals surface area contributed by atoms with Gasteiger partial charge < -0.3 is 10.2 Å². The molecule has 0 saturated carbocycles. The second-order valence-electron chi connectivity index (χ2n) is 6.47. The lowest BCUT2D eigenvalue weighted by molar-refractivity contribution is 0.0759. The van der Waals surface area contributed by atoms with Crippen molar-refractivity contribution in [3.8, 4) is 0 Å². The fraction of sp³-hybridized carbons (Fsp3) is 0.562. The van der Waals surface area contributed by atoms with Crippen LogP contribution in [-0.2, 0) is 10.0 Å². The number of fused-ring (bicyclic) bond motifs is 1. The number of likely N-dealkylation sites (tertiary alicyclic amines) is 1. The molecule has 0 unspecified atom stereocenters. The summed E-state index contributed by atoms with van der Waals surface area (Å²) in [5, 5.41) is 3.42. The summed E-state index contributed by atoms with van der Waals surface area (Å²) in [4.78, 5) is 14.7. The van der Waals surface area contributed by atoms with Crippen LogP contribution in [0.4, 0.5) is 5.69 Å². The first-order valence-corrected chi connectivity index (χ1v) is 9.90. The lowest BCUT2D eigenvalue weighted by Gasteiger charge is -2.22. The van der Waals surface area contributed by atoms with Crippen LogP contribution in [0.2, 0.25) is 0 Å². The molecule has 3 rings (SSSR count). The number of nitrogens with one attached hydrogen (secondary N) is 2. The van der Waals surface area contributed by atoms with E-state index in [1.807, 2.05) is 4.90 Å². The van der Waals surface area contributed by atoms with E-state index in [-0.39, 0.29) is 18.3 Å². The Morgan fingerprint density at radius 1 is 1.17 bits per heavy atom. The minimum absolute atomic E-state index is 0. The number of amides is 1. The highest BCUT2D eigenvalue weighted by molar-refractivity contribution is 7.92. The second-order valence-corrected chi connectivity index (χ2v) is 8.22. The summed E-state index contributed by atoms with van der Waals surface area (Å²) < 4.78 is 25.4. The smallest absolute Gasteiger partial charge is 0.255 e. The predicted octanol–water partition coefficient (Wildman–Crippen LogP) is 1.55. The number of sulfonamides is 1. The Bertz CT molecular complexity index is 682. The Labute approximate surface area is 149 Å². The zero-order valence-electron chi connectivity index (χ0n) is 13.7. The topological polar surface area (TPSA) is 78.5 Å². The van der Waals surface area contributed by atoms with Crippen molar-refractivity contribution in [1.82, 2.24) is 10.2 Å². The molecule has 24 heavy (non-hydrogen) atoms. The van der Waals surface area contributed by atoms with Crippen LogP contribution in [0, 0.1) is 11.8 Å². The summed E-state index contributed by atoms with van der Waals surface area (Å²) in [6, 6.07) is 6.80. The van der Waals surface area contributed by atoms with Gasteiger partial charge in [0.05, 0.1) is 17.5 Å². The van der Waals surface area contributed by atoms with Crippen LogP contribution in [0.25, 0.3) is 0 Å². The molecule has 0 aliphatic carbocycles. The first kappa shape index (κ1) is 19.0. The van der Waals surface area contributed by atoms with Gasteiger partial charge in [0.1, 0.15) is 0 Å². The van der Waals surface area contributed by atoms with Crippen molar-refractivity contribution in [3.05, 3.63) is 29.8 Å². The molecule has 0 radical (unpaired) electrons. The number of carbonyl (C=O) groups is 1. The SMILES string of the molecule is CS(=O)(=O)Nc1ccccc1C(=O)N1CC[C@@H]2CNC[C@@H]2CC1.Cl. The van der Waals surface area contributed by atoms with Gasteiger partial charge in [-0.3, -0.25) is 9.52 Å². The minimum atomic E-state index is -3.41. The lowest BCUT2D eigenvalue weighted by atomic mass is 9.92. The van der Waals surface area contributed by atoms with Gasteiger partial charge >= 0.3 is 0 Å². The number of hydrogen-bond acceptors (Lipinski definition) is 4. The molecule has 2 atom stereocenters. The van der Waals surface area contributed by atoms with Gasteiger partial charge in [0.25, 0.3) is 5.91 Å². The Kier molecular flexibility index (Phi) is 6.11. The van der Waals surface area contributed by atoms with Gasteiger partial charge in [-0.2, -0.15) is 0 Å². The summed E-state index contributed by atoms with van der Waals surface area (Å²) in [5.41, 5.74) is 0.772. The third kappa shape index (κ3) is 4.40. The maximum Gasteiger partial charge on any atom is 0.255 e. The molecule has 2 fully saturated rings. The van der Waals surface area contributed by atoms with Crippen LogP contribution in [0.1, 0.15) is 23.2 Å². The number of anilines is 1. The van der Waals surface area contributed by atoms with Crippen molar-refractivity contribution in [1.29, 1.82) is 0 Å². The van der Waals surface area contributed by atoms with Crippen LogP contribution in [0.15, 0.2) is 24.3 Å². The average molecular weight is 374 g/mol.